The van der Waals surface area contributed by atoms with E-state index in [1.807, 2.05) is 0 Å². The van der Waals surface area contributed by atoms with Gasteiger partial charge in [0, 0.05) is 0 Å². The van der Waals surface area contributed by atoms with E-state index >= 15 is 0 Å². The summed E-state index contributed by atoms with van der Waals surface area (Å²) in [4.78, 5) is 0. The van der Waals surface area contributed by atoms with Gasteiger partial charge in [0.25, 0.3) is 0 Å². The summed E-state index contributed by atoms with van der Waals surface area (Å²) in [6, 6.07) is 0. The number of hydrogen-bond donors (Lipinski definition) is 0. The summed E-state index contributed by atoms with van der Waals surface area (Å²) < 4.78 is 1.01. The van der Waals surface area contributed by atoms with Gasteiger partial charge in [-0.15, -0.1) is 0 Å². The Labute approximate surface area is 47.0 Å². The van der Waals surface area contributed by atoms with Crippen molar-refractivity contribution in [2.75, 3.05) is 0 Å². The van der Waals surface area contributed by atoms with Crippen molar-refractivity contribution in [2.24, 2.45) is 0 Å². The average molecular weight is 177 g/mol. The fraction of sp³-hybridized carbons (Fsp3) is 1.00. The molecule has 0 saturated heterocycles. The first-order valence-electron chi connectivity index (χ1n) is 2.03. The van der Waals surface area contributed by atoms with Crippen molar-refractivity contribution in [3.8, 4) is 0 Å². The SMILES string of the molecule is CC[C@H](C)[SnH]. The molecular weight excluding hydrogens is 167 g/mol. The predicted octanol–water partition coefficient (Wildman–Crippen LogP) is 1.11. The molecule has 0 N–H and O–H groups in total. The van der Waals surface area contributed by atoms with E-state index in [1.54, 1.807) is 0 Å². The van der Waals surface area contributed by atoms with Crippen LogP contribution in [-0.2, 0) is 0 Å². The summed E-state index contributed by atoms with van der Waals surface area (Å²) in [5.41, 5.74) is 0. The third kappa shape index (κ3) is 4.80. The van der Waals surface area contributed by atoms with E-state index in [-0.39, 0.29) is 0 Å². The van der Waals surface area contributed by atoms with Gasteiger partial charge in [0.1, 0.15) is 0 Å². The summed E-state index contributed by atoms with van der Waals surface area (Å²) in [5.74, 6) is 0. The molecule has 0 aromatic heterocycles. The monoisotopic (exact) mass is 178 g/mol. The van der Waals surface area contributed by atoms with Gasteiger partial charge in [-0.1, -0.05) is 0 Å². The summed E-state index contributed by atoms with van der Waals surface area (Å²) in [5, 5.41) is 0. The van der Waals surface area contributed by atoms with Gasteiger partial charge in [-0.05, 0) is 0 Å². The van der Waals surface area contributed by atoms with E-state index in [0.717, 1.165) is 3.93 Å². The van der Waals surface area contributed by atoms with Gasteiger partial charge in [0.2, 0.25) is 0 Å². The molecule has 30 valence electrons. The molecule has 0 nitrogen and oxygen atoms in total. The molecule has 0 amide bonds. The van der Waals surface area contributed by atoms with Crippen LogP contribution in [0.2, 0.25) is 3.93 Å². The molecule has 0 aromatic carbocycles. The third-order valence-corrected chi connectivity index (χ3v) is 1.99. The molecule has 0 fully saturated rings. The summed E-state index contributed by atoms with van der Waals surface area (Å²) in [6.45, 7) is 4.51. The van der Waals surface area contributed by atoms with Crippen molar-refractivity contribution in [3.63, 3.8) is 0 Å². The molecule has 1 heteroatoms. The van der Waals surface area contributed by atoms with Gasteiger partial charge in [-0.25, -0.2) is 0 Å². The van der Waals surface area contributed by atoms with Crippen molar-refractivity contribution in [3.05, 3.63) is 0 Å². The van der Waals surface area contributed by atoms with Gasteiger partial charge in [-0.2, -0.15) is 0 Å². The van der Waals surface area contributed by atoms with Crippen LogP contribution in [0.1, 0.15) is 20.3 Å². The van der Waals surface area contributed by atoms with Gasteiger partial charge in [0.15, 0.2) is 0 Å². The Morgan fingerprint density at radius 1 is 1.80 bits per heavy atom. The Hall–Kier alpha value is 0.799. The van der Waals surface area contributed by atoms with E-state index < -0.39 is 0 Å². The van der Waals surface area contributed by atoms with E-state index in [9.17, 15) is 0 Å². The molecule has 0 aliphatic rings. The molecule has 0 aliphatic heterocycles. The Morgan fingerprint density at radius 2 is 2.00 bits per heavy atom. The van der Waals surface area contributed by atoms with Gasteiger partial charge in [0.05, 0.1) is 0 Å². The zero-order valence-corrected chi connectivity index (χ0v) is 7.16. The van der Waals surface area contributed by atoms with Crippen molar-refractivity contribution >= 4 is 22.5 Å². The molecule has 0 unspecified atom stereocenters. The second-order valence-corrected chi connectivity index (χ2v) is 4.63. The molecule has 1 atom stereocenters. The van der Waals surface area contributed by atoms with Crippen LogP contribution in [0.15, 0.2) is 0 Å². The maximum absolute atomic E-state index is 2.28. The van der Waals surface area contributed by atoms with E-state index in [4.69, 9.17) is 0 Å². The van der Waals surface area contributed by atoms with Gasteiger partial charge < -0.3 is 0 Å². The predicted molar refractivity (Wildman–Crippen MR) is 26.9 cm³/mol. The quantitative estimate of drug-likeness (QED) is 0.526. The van der Waals surface area contributed by atoms with E-state index in [1.165, 1.54) is 28.9 Å². The molecule has 0 bridgehead atoms. The fourth-order valence-corrected chi connectivity index (χ4v) is 0. The summed E-state index contributed by atoms with van der Waals surface area (Å²) in [7, 11) is 0. The van der Waals surface area contributed by atoms with Crippen LogP contribution in [-0.4, -0.2) is 22.5 Å². The summed E-state index contributed by atoms with van der Waals surface area (Å²) in [6.07, 6.45) is 1.36. The Balaban J connectivity index is 2.54. The second kappa shape index (κ2) is 3.01. The molecular formula is C4H10Sn. The van der Waals surface area contributed by atoms with Crippen molar-refractivity contribution in [2.45, 2.75) is 24.2 Å². The normalized spacial score (nSPS) is 15.0. The maximum atomic E-state index is 2.28. The Kier molecular flexibility index (Phi) is 3.49. The van der Waals surface area contributed by atoms with Crippen molar-refractivity contribution < 1.29 is 0 Å². The van der Waals surface area contributed by atoms with E-state index in [2.05, 4.69) is 13.8 Å². The van der Waals surface area contributed by atoms with Gasteiger partial charge >= 0.3 is 46.7 Å². The Bertz CT molecular complexity index is 17.6. The van der Waals surface area contributed by atoms with Crippen molar-refractivity contribution in [1.82, 2.24) is 0 Å². The van der Waals surface area contributed by atoms with Crippen LogP contribution < -0.4 is 0 Å². The third-order valence-electron chi connectivity index (χ3n) is 0.644. The van der Waals surface area contributed by atoms with Crippen LogP contribution >= 0.6 is 0 Å². The first kappa shape index (κ1) is 5.80. The molecule has 5 heavy (non-hydrogen) atoms. The van der Waals surface area contributed by atoms with Gasteiger partial charge in [-0.3, -0.25) is 0 Å². The number of hydrogen-bond acceptors (Lipinski definition) is 0. The number of rotatable bonds is 1. The molecule has 0 spiro atoms. The molecule has 2 radical (unpaired) electrons. The zero-order valence-electron chi connectivity index (χ0n) is 3.86. The molecule has 0 saturated carbocycles. The minimum atomic E-state index is 1.01. The topological polar surface area (TPSA) is 0 Å². The standard InChI is InChI=1S/C4H9.Sn.H/c1-3-4-2;;/h3H,4H2,1-2H3;;. The van der Waals surface area contributed by atoms with Crippen LogP contribution in [0.25, 0.3) is 0 Å². The van der Waals surface area contributed by atoms with Crippen LogP contribution in [0, 0.1) is 0 Å². The van der Waals surface area contributed by atoms with Crippen LogP contribution in [0.5, 0.6) is 0 Å². The average Bonchev–Trinajstić information content (AvgIpc) is 1.38. The van der Waals surface area contributed by atoms with Crippen LogP contribution in [0.4, 0.5) is 0 Å². The molecule has 0 aliphatic carbocycles. The minimum absolute atomic E-state index is 1.01. The van der Waals surface area contributed by atoms with E-state index in [0.29, 0.717) is 0 Å². The molecule has 0 heterocycles. The first-order chi connectivity index (χ1) is 2.27. The Morgan fingerprint density at radius 3 is 2.00 bits per heavy atom. The van der Waals surface area contributed by atoms with Crippen LogP contribution in [0.3, 0.4) is 0 Å². The zero-order chi connectivity index (χ0) is 4.28. The molecule has 0 rings (SSSR count). The fourth-order valence-electron chi connectivity index (χ4n) is 0. The first-order valence-corrected chi connectivity index (χ1v) is 3.93. The molecule has 0 aromatic rings. The summed E-state index contributed by atoms with van der Waals surface area (Å²) >= 11 is 1.42. The second-order valence-electron chi connectivity index (χ2n) is 1.39. The van der Waals surface area contributed by atoms with Crippen molar-refractivity contribution in [1.29, 1.82) is 0 Å².